The quantitative estimate of drug-likeness (QED) is 0.778. The zero-order valence-electron chi connectivity index (χ0n) is 7.57. The summed E-state index contributed by atoms with van der Waals surface area (Å²) in [5.74, 6) is 0. The predicted octanol–water partition coefficient (Wildman–Crippen LogP) is 1.93. The monoisotopic (exact) mass is 194 g/mol. The summed E-state index contributed by atoms with van der Waals surface area (Å²) in [7, 11) is 0. The summed E-state index contributed by atoms with van der Waals surface area (Å²) in [6.45, 7) is 2.31. The Labute approximate surface area is 83.1 Å². The molecule has 1 saturated heterocycles. The third kappa shape index (κ3) is 2.71. The van der Waals surface area contributed by atoms with Crippen LogP contribution in [0.1, 0.15) is 12.8 Å². The van der Waals surface area contributed by atoms with E-state index in [0.717, 1.165) is 11.6 Å². The van der Waals surface area contributed by atoms with E-state index in [9.17, 15) is 0 Å². The van der Waals surface area contributed by atoms with E-state index >= 15 is 0 Å². The Kier molecular flexibility index (Phi) is 3.22. The molecule has 0 radical (unpaired) electrons. The maximum atomic E-state index is 4.31. The highest BCUT2D eigenvalue weighted by atomic mass is 32.2. The molecule has 0 bridgehead atoms. The number of piperidine rings is 1. The molecule has 1 N–H and O–H groups in total. The molecule has 2 heterocycles. The lowest BCUT2D eigenvalue weighted by Gasteiger charge is -2.21. The van der Waals surface area contributed by atoms with E-state index in [2.05, 4.69) is 16.4 Å². The lowest BCUT2D eigenvalue weighted by molar-refractivity contribution is 0.531. The highest BCUT2D eigenvalue weighted by Gasteiger charge is 2.13. The van der Waals surface area contributed by atoms with Gasteiger partial charge >= 0.3 is 0 Å². The smallest absolute Gasteiger partial charge is 0.0962 e. The lowest BCUT2D eigenvalue weighted by atomic mass is 10.2. The molecule has 2 rings (SSSR count). The van der Waals surface area contributed by atoms with Crippen molar-refractivity contribution < 1.29 is 0 Å². The van der Waals surface area contributed by atoms with Gasteiger partial charge in [0.25, 0.3) is 0 Å². The maximum Gasteiger partial charge on any atom is 0.0962 e. The Hall–Kier alpha value is -0.540. The van der Waals surface area contributed by atoms with Gasteiger partial charge in [0, 0.05) is 18.0 Å². The van der Waals surface area contributed by atoms with E-state index in [0.29, 0.717) is 5.25 Å². The second-order valence-corrected chi connectivity index (χ2v) is 4.57. The van der Waals surface area contributed by atoms with Crippen molar-refractivity contribution in [3.8, 4) is 0 Å². The van der Waals surface area contributed by atoms with E-state index in [-0.39, 0.29) is 0 Å². The summed E-state index contributed by atoms with van der Waals surface area (Å²) in [6.07, 6.45) is 4.47. The van der Waals surface area contributed by atoms with Crippen LogP contribution in [0.15, 0.2) is 29.4 Å². The first kappa shape index (κ1) is 9.03. The number of hydrogen-bond acceptors (Lipinski definition) is 3. The minimum absolute atomic E-state index is 0.712. The summed E-state index contributed by atoms with van der Waals surface area (Å²) in [5, 5.41) is 5.27. The van der Waals surface area contributed by atoms with Crippen LogP contribution in [-0.2, 0) is 0 Å². The van der Waals surface area contributed by atoms with Crippen LogP contribution in [0.3, 0.4) is 0 Å². The highest BCUT2D eigenvalue weighted by molar-refractivity contribution is 7.99. The summed E-state index contributed by atoms with van der Waals surface area (Å²) < 4.78 is 0. The Bertz CT molecular complexity index is 244. The SMILES string of the molecule is c1ccc(SC2CCCNC2)nc1. The van der Waals surface area contributed by atoms with Gasteiger partial charge in [0.2, 0.25) is 0 Å². The van der Waals surface area contributed by atoms with Gasteiger partial charge in [-0.2, -0.15) is 0 Å². The van der Waals surface area contributed by atoms with Gasteiger partial charge in [-0.1, -0.05) is 6.07 Å². The van der Waals surface area contributed by atoms with Gasteiger partial charge in [-0.25, -0.2) is 4.98 Å². The van der Waals surface area contributed by atoms with Crippen LogP contribution in [-0.4, -0.2) is 23.3 Å². The molecule has 3 heteroatoms. The molecule has 2 nitrogen and oxygen atoms in total. The third-order valence-corrected chi connectivity index (χ3v) is 3.40. The second-order valence-electron chi connectivity index (χ2n) is 3.25. The van der Waals surface area contributed by atoms with Gasteiger partial charge in [-0.05, 0) is 31.5 Å². The molecule has 1 aromatic heterocycles. The standard InChI is InChI=1S/C10H14N2S/c1-2-7-12-10(5-1)13-9-4-3-6-11-8-9/h1-2,5,7,9,11H,3-4,6,8H2. The molecule has 70 valence electrons. The van der Waals surface area contributed by atoms with Crippen molar-refractivity contribution in [1.29, 1.82) is 0 Å². The first-order chi connectivity index (χ1) is 6.45. The molecule has 1 unspecified atom stereocenters. The fourth-order valence-electron chi connectivity index (χ4n) is 1.51. The van der Waals surface area contributed by atoms with E-state index in [1.165, 1.54) is 19.4 Å². The molecule has 1 atom stereocenters. The fourth-order valence-corrected chi connectivity index (χ4v) is 2.61. The molecule has 1 aliphatic heterocycles. The van der Waals surface area contributed by atoms with Crippen LogP contribution in [0, 0.1) is 0 Å². The van der Waals surface area contributed by atoms with E-state index in [4.69, 9.17) is 0 Å². The number of thioether (sulfide) groups is 1. The van der Waals surface area contributed by atoms with Crippen LogP contribution in [0.2, 0.25) is 0 Å². The fraction of sp³-hybridized carbons (Fsp3) is 0.500. The molecule has 1 aliphatic rings. The van der Waals surface area contributed by atoms with Crippen LogP contribution in [0.4, 0.5) is 0 Å². The molecular weight excluding hydrogens is 180 g/mol. The van der Waals surface area contributed by atoms with Crippen molar-refractivity contribution in [3.63, 3.8) is 0 Å². The predicted molar refractivity (Wildman–Crippen MR) is 56.0 cm³/mol. The maximum absolute atomic E-state index is 4.31. The van der Waals surface area contributed by atoms with Crippen molar-refractivity contribution >= 4 is 11.8 Å². The highest BCUT2D eigenvalue weighted by Crippen LogP contribution is 2.24. The second kappa shape index (κ2) is 4.63. The number of nitrogens with zero attached hydrogens (tertiary/aromatic N) is 1. The largest absolute Gasteiger partial charge is 0.316 e. The van der Waals surface area contributed by atoms with Crippen LogP contribution < -0.4 is 5.32 Å². The van der Waals surface area contributed by atoms with E-state index < -0.39 is 0 Å². The van der Waals surface area contributed by atoms with Gasteiger partial charge in [-0.15, -0.1) is 11.8 Å². The number of pyridine rings is 1. The zero-order chi connectivity index (χ0) is 8.93. The molecule has 0 spiro atoms. The Morgan fingerprint density at radius 2 is 2.46 bits per heavy atom. The Balaban J connectivity index is 1.90. The molecule has 0 saturated carbocycles. The third-order valence-electron chi connectivity index (χ3n) is 2.18. The average molecular weight is 194 g/mol. The van der Waals surface area contributed by atoms with Crippen molar-refractivity contribution in [1.82, 2.24) is 10.3 Å². The van der Waals surface area contributed by atoms with Crippen LogP contribution in [0.25, 0.3) is 0 Å². The summed E-state index contributed by atoms with van der Waals surface area (Å²) >= 11 is 1.89. The van der Waals surface area contributed by atoms with Gasteiger partial charge < -0.3 is 5.32 Å². The summed E-state index contributed by atoms with van der Waals surface area (Å²) in [4.78, 5) is 4.31. The van der Waals surface area contributed by atoms with Crippen molar-refractivity contribution in [2.24, 2.45) is 0 Å². The van der Waals surface area contributed by atoms with Crippen molar-refractivity contribution in [2.75, 3.05) is 13.1 Å². The number of rotatable bonds is 2. The van der Waals surface area contributed by atoms with E-state index in [1.54, 1.807) is 0 Å². The molecule has 0 aliphatic carbocycles. The number of nitrogens with one attached hydrogen (secondary N) is 1. The number of hydrogen-bond donors (Lipinski definition) is 1. The van der Waals surface area contributed by atoms with Gasteiger partial charge in [0.1, 0.15) is 0 Å². The molecule has 0 aromatic carbocycles. The van der Waals surface area contributed by atoms with Gasteiger partial charge in [-0.3, -0.25) is 0 Å². The summed E-state index contributed by atoms with van der Waals surface area (Å²) in [6, 6.07) is 6.09. The van der Waals surface area contributed by atoms with Crippen LogP contribution in [0.5, 0.6) is 0 Å². The normalized spacial score (nSPS) is 22.9. The van der Waals surface area contributed by atoms with Crippen molar-refractivity contribution in [2.45, 2.75) is 23.1 Å². The number of aromatic nitrogens is 1. The Morgan fingerprint density at radius 1 is 1.46 bits per heavy atom. The minimum atomic E-state index is 0.712. The minimum Gasteiger partial charge on any atom is -0.316 e. The average Bonchev–Trinajstić information content (AvgIpc) is 2.21. The molecule has 0 amide bonds. The first-order valence-electron chi connectivity index (χ1n) is 4.73. The first-order valence-corrected chi connectivity index (χ1v) is 5.61. The molecular formula is C10H14N2S. The van der Waals surface area contributed by atoms with Crippen molar-refractivity contribution in [3.05, 3.63) is 24.4 Å². The van der Waals surface area contributed by atoms with Gasteiger partial charge in [0.15, 0.2) is 0 Å². The zero-order valence-corrected chi connectivity index (χ0v) is 8.39. The summed E-state index contributed by atoms with van der Waals surface area (Å²) in [5.41, 5.74) is 0. The van der Waals surface area contributed by atoms with Crippen LogP contribution >= 0.6 is 11.8 Å². The van der Waals surface area contributed by atoms with E-state index in [1.807, 2.05) is 30.1 Å². The van der Waals surface area contributed by atoms with Gasteiger partial charge in [0.05, 0.1) is 5.03 Å². The molecule has 1 fully saturated rings. The lowest BCUT2D eigenvalue weighted by Crippen LogP contribution is -2.31. The molecule has 13 heavy (non-hydrogen) atoms. The molecule has 1 aromatic rings. The Morgan fingerprint density at radius 3 is 3.15 bits per heavy atom. The topological polar surface area (TPSA) is 24.9 Å².